The minimum atomic E-state index is -2.06. The van der Waals surface area contributed by atoms with Gasteiger partial charge in [-0.2, -0.15) is 0 Å². The maximum Gasteiger partial charge on any atom is 0.149 e. The second-order valence-corrected chi connectivity index (χ2v) is 12.7. The summed E-state index contributed by atoms with van der Waals surface area (Å²) in [6.07, 6.45) is 6.79. The summed E-state index contributed by atoms with van der Waals surface area (Å²) in [5, 5.41) is 0. The first kappa shape index (κ1) is 18.2. The monoisotopic (exact) mass is 330 g/mol. The number of benzene rings is 1. The molecule has 0 saturated carbocycles. The molecule has 1 rings (SSSR count). The van der Waals surface area contributed by atoms with Crippen LogP contribution in [0, 0.1) is 0 Å². The molecule has 0 unspecified atom stereocenters. The van der Waals surface area contributed by atoms with E-state index in [0.717, 1.165) is 25.2 Å². The molecule has 114 valence electrons. The summed E-state index contributed by atoms with van der Waals surface area (Å²) in [5.74, 6) is 0. The molecule has 0 N–H and O–H groups in total. The Kier molecular flexibility index (Phi) is 9.84. The van der Waals surface area contributed by atoms with Gasteiger partial charge in [-0.3, -0.25) is 0 Å². The lowest BCUT2D eigenvalue weighted by molar-refractivity contribution is 0.579. The molecule has 20 heavy (non-hydrogen) atoms. The van der Waals surface area contributed by atoms with Crippen LogP contribution in [0.2, 0.25) is 0 Å². The fourth-order valence-electron chi connectivity index (χ4n) is 1.98. The van der Waals surface area contributed by atoms with E-state index in [0.29, 0.717) is 0 Å². The van der Waals surface area contributed by atoms with E-state index < -0.39 is 6.34 Å². The summed E-state index contributed by atoms with van der Waals surface area (Å²) in [6, 6.07) is 10.3. The Morgan fingerprint density at radius 2 is 1.45 bits per heavy atom. The van der Waals surface area contributed by atoms with Crippen LogP contribution in [0.3, 0.4) is 0 Å². The minimum Gasteiger partial charge on any atom is -0.311 e. The fraction of sp³-hybridized carbons (Fsp3) is 0.625. The number of unbranched alkanes of at least 4 members (excludes halogenated alkanes) is 4. The Balaban J connectivity index is 2.49. The Hall–Kier alpha value is 0.150. The number of hydrogen-bond acceptors (Lipinski definition) is 3. The molecule has 0 bridgehead atoms. The first-order valence-electron chi connectivity index (χ1n) is 7.69. The molecule has 1 aromatic carbocycles. The summed E-state index contributed by atoms with van der Waals surface area (Å²) in [5.41, 5.74) is 0. The van der Waals surface area contributed by atoms with Gasteiger partial charge >= 0.3 is 0 Å². The molecule has 0 aliphatic heterocycles. The standard InChI is InChI=1S/C16H27OPS2/c1-3-5-10-14-18(17,15-11-6-4-2)20-19-16-12-8-7-9-13-16/h7-9,12-13H,3-6,10-11,14-15H2,1-2H3. The molecular formula is C16H27OPS2. The normalized spacial score (nSPS) is 11.7. The van der Waals surface area contributed by atoms with Gasteiger partial charge in [0.05, 0.1) is 0 Å². The molecule has 0 amide bonds. The highest BCUT2D eigenvalue weighted by Gasteiger charge is 2.22. The van der Waals surface area contributed by atoms with Gasteiger partial charge in [-0.25, -0.2) is 0 Å². The summed E-state index contributed by atoms with van der Waals surface area (Å²) >= 11 is 0. The van der Waals surface area contributed by atoms with E-state index in [-0.39, 0.29) is 0 Å². The van der Waals surface area contributed by atoms with Crippen LogP contribution < -0.4 is 0 Å². The van der Waals surface area contributed by atoms with Crippen molar-refractivity contribution >= 4 is 27.6 Å². The van der Waals surface area contributed by atoms with Crippen molar-refractivity contribution in [2.75, 3.05) is 12.3 Å². The topological polar surface area (TPSA) is 17.1 Å². The third-order valence-corrected chi connectivity index (χ3v) is 11.9. The van der Waals surface area contributed by atoms with Crippen LogP contribution in [0.4, 0.5) is 0 Å². The third-order valence-electron chi connectivity index (χ3n) is 3.22. The Labute approximate surface area is 132 Å². The molecule has 0 atom stereocenters. The van der Waals surface area contributed by atoms with Crippen molar-refractivity contribution in [1.29, 1.82) is 0 Å². The predicted octanol–water partition coefficient (Wildman–Crippen LogP) is 7.09. The SMILES string of the molecule is CCCCCP(=O)(CCCCC)SSc1ccccc1. The van der Waals surface area contributed by atoms with Gasteiger partial charge < -0.3 is 4.57 Å². The van der Waals surface area contributed by atoms with Crippen molar-refractivity contribution in [3.05, 3.63) is 30.3 Å². The van der Waals surface area contributed by atoms with E-state index in [1.54, 1.807) is 21.2 Å². The molecule has 4 heteroatoms. The van der Waals surface area contributed by atoms with Gasteiger partial charge in [0.15, 0.2) is 0 Å². The van der Waals surface area contributed by atoms with Crippen LogP contribution in [0.1, 0.15) is 52.4 Å². The molecule has 0 aliphatic carbocycles. The Bertz CT molecular complexity index is 381. The highest BCUT2D eigenvalue weighted by molar-refractivity contribution is 8.99. The van der Waals surface area contributed by atoms with Gasteiger partial charge in [-0.1, -0.05) is 68.5 Å². The van der Waals surface area contributed by atoms with Crippen LogP contribution >= 0.6 is 27.6 Å². The lowest BCUT2D eigenvalue weighted by Gasteiger charge is -2.16. The first-order valence-corrected chi connectivity index (χ1v) is 12.5. The van der Waals surface area contributed by atoms with E-state index in [1.807, 2.05) is 18.2 Å². The summed E-state index contributed by atoms with van der Waals surface area (Å²) in [6.45, 7) is 4.40. The quantitative estimate of drug-likeness (QED) is 0.245. The molecule has 0 radical (unpaired) electrons. The molecule has 0 saturated heterocycles. The van der Waals surface area contributed by atoms with E-state index in [1.165, 1.54) is 30.6 Å². The first-order chi connectivity index (χ1) is 9.70. The van der Waals surface area contributed by atoms with Crippen molar-refractivity contribution in [3.8, 4) is 0 Å². The maximum atomic E-state index is 13.1. The van der Waals surface area contributed by atoms with Crippen LogP contribution in [0.15, 0.2) is 35.2 Å². The summed E-state index contributed by atoms with van der Waals surface area (Å²) in [4.78, 5) is 1.21. The van der Waals surface area contributed by atoms with Crippen LogP contribution in [-0.4, -0.2) is 12.3 Å². The van der Waals surface area contributed by atoms with Crippen molar-refractivity contribution < 1.29 is 4.57 Å². The molecule has 0 spiro atoms. The lowest BCUT2D eigenvalue weighted by atomic mass is 10.3. The average Bonchev–Trinajstić information content (AvgIpc) is 2.47. The molecule has 0 aromatic heterocycles. The van der Waals surface area contributed by atoms with Crippen LogP contribution in [0.25, 0.3) is 0 Å². The highest BCUT2D eigenvalue weighted by atomic mass is 33.3. The highest BCUT2D eigenvalue weighted by Crippen LogP contribution is 2.66. The average molecular weight is 330 g/mol. The predicted molar refractivity (Wildman–Crippen MR) is 96.3 cm³/mol. The van der Waals surface area contributed by atoms with Gasteiger partial charge in [0, 0.05) is 17.2 Å². The van der Waals surface area contributed by atoms with Crippen molar-refractivity contribution in [2.45, 2.75) is 57.3 Å². The van der Waals surface area contributed by atoms with Crippen LogP contribution in [0.5, 0.6) is 0 Å². The zero-order chi connectivity index (χ0) is 14.7. The fourth-order valence-corrected chi connectivity index (χ4v) is 9.81. The van der Waals surface area contributed by atoms with E-state index in [4.69, 9.17) is 0 Å². The summed E-state index contributed by atoms with van der Waals surface area (Å²) in [7, 11) is 3.35. The number of hydrogen-bond donors (Lipinski definition) is 0. The molecule has 1 aromatic rings. The van der Waals surface area contributed by atoms with Gasteiger partial charge in [0.2, 0.25) is 0 Å². The van der Waals surface area contributed by atoms with Crippen molar-refractivity contribution in [2.24, 2.45) is 0 Å². The van der Waals surface area contributed by atoms with E-state index in [2.05, 4.69) is 26.0 Å². The van der Waals surface area contributed by atoms with Gasteiger partial charge in [0.1, 0.15) is 6.34 Å². The zero-order valence-electron chi connectivity index (χ0n) is 12.7. The minimum absolute atomic E-state index is 0.912. The molecule has 0 fully saturated rings. The summed E-state index contributed by atoms with van der Waals surface area (Å²) < 4.78 is 13.1. The lowest BCUT2D eigenvalue weighted by Crippen LogP contribution is -1.92. The maximum absolute atomic E-state index is 13.1. The molecule has 0 aliphatic rings. The Morgan fingerprint density at radius 1 is 0.900 bits per heavy atom. The van der Waals surface area contributed by atoms with Crippen LogP contribution in [-0.2, 0) is 4.57 Å². The largest absolute Gasteiger partial charge is 0.311 e. The van der Waals surface area contributed by atoms with E-state index in [9.17, 15) is 4.57 Å². The number of rotatable bonds is 11. The van der Waals surface area contributed by atoms with Gasteiger partial charge in [-0.15, -0.1) is 0 Å². The van der Waals surface area contributed by atoms with Gasteiger partial charge in [0.25, 0.3) is 0 Å². The second kappa shape index (κ2) is 10.8. The Morgan fingerprint density at radius 3 is 1.95 bits per heavy atom. The molecule has 1 nitrogen and oxygen atoms in total. The zero-order valence-corrected chi connectivity index (χ0v) is 15.2. The molecular weight excluding hydrogens is 303 g/mol. The van der Waals surface area contributed by atoms with Gasteiger partial charge in [-0.05, 0) is 35.4 Å². The van der Waals surface area contributed by atoms with E-state index >= 15 is 0 Å². The van der Waals surface area contributed by atoms with Crippen molar-refractivity contribution in [3.63, 3.8) is 0 Å². The third kappa shape index (κ3) is 7.81. The second-order valence-electron chi connectivity index (χ2n) is 5.15. The van der Waals surface area contributed by atoms with Crippen molar-refractivity contribution in [1.82, 2.24) is 0 Å². The molecule has 0 heterocycles. The smallest absolute Gasteiger partial charge is 0.149 e.